The lowest BCUT2D eigenvalue weighted by Gasteiger charge is -2.08. The van der Waals surface area contributed by atoms with Crippen LogP contribution in [0.15, 0.2) is 34.7 Å². The fourth-order valence-corrected chi connectivity index (χ4v) is 2.12. The molecule has 1 aromatic heterocycles. The van der Waals surface area contributed by atoms with Gasteiger partial charge in [-0.2, -0.15) is 13.9 Å². The molecular weight excluding hydrogens is 212 g/mol. The van der Waals surface area contributed by atoms with Gasteiger partial charge >= 0.3 is 5.69 Å². The van der Waals surface area contributed by atoms with Gasteiger partial charge in [-0.1, -0.05) is 18.2 Å². The summed E-state index contributed by atoms with van der Waals surface area (Å²) in [7, 11) is 1.82. The van der Waals surface area contributed by atoms with Gasteiger partial charge < -0.3 is 0 Å². The molecule has 2 rings (SSSR count). The van der Waals surface area contributed by atoms with Gasteiger partial charge in [0.1, 0.15) is 17.9 Å². The smallest absolute Gasteiger partial charge is 0.198 e. The Balaban J connectivity index is 2.39. The van der Waals surface area contributed by atoms with E-state index in [-0.39, 0.29) is 5.69 Å². The molecule has 17 heavy (non-hydrogen) atoms. The molecule has 0 fully saturated rings. The fraction of sp³-hybridized carbons (Fsp3) is 0.429. The minimum atomic E-state index is 0.0578. The second-order valence-electron chi connectivity index (χ2n) is 4.61. The molecule has 0 atom stereocenters. The number of nitrogens with zero attached hydrogens (tertiary/aromatic N) is 2. The molecule has 90 valence electrons. The first-order valence-electron chi connectivity index (χ1n) is 6.02. The van der Waals surface area contributed by atoms with Gasteiger partial charge in [0.05, 0.1) is 7.05 Å². The highest BCUT2D eigenvalue weighted by molar-refractivity contribution is 5.22. The lowest BCUT2D eigenvalue weighted by molar-refractivity contribution is -0.697. The lowest BCUT2D eigenvalue weighted by atomic mass is 10.1. The van der Waals surface area contributed by atoms with Crippen molar-refractivity contribution in [3.8, 4) is 0 Å². The van der Waals surface area contributed by atoms with Crippen molar-refractivity contribution in [1.82, 2.24) is 4.57 Å². The summed E-state index contributed by atoms with van der Waals surface area (Å²) in [6.07, 6.45) is 8.70. The third-order valence-corrected chi connectivity index (χ3v) is 3.30. The van der Waals surface area contributed by atoms with Crippen molar-refractivity contribution < 1.29 is 4.57 Å². The van der Waals surface area contributed by atoms with Crippen molar-refractivity contribution in [2.45, 2.75) is 33.2 Å². The highest BCUT2D eigenvalue weighted by Crippen LogP contribution is 2.11. The molecule has 0 bridgehead atoms. The standard InChI is InChI=1S/C14H19N2O/c1-11-9-12(2)16(14(17)15(11)3)10-13-7-5-4-6-8-13/h5,7-9H,4,6,10H2,1-3H3/q+1. The van der Waals surface area contributed by atoms with Crippen LogP contribution in [0.3, 0.4) is 0 Å². The minimum absolute atomic E-state index is 0.0578. The molecule has 0 aliphatic heterocycles. The van der Waals surface area contributed by atoms with Gasteiger partial charge in [0.15, 0.2) is 0 Å². The minimum Gasteiger partial charge on any atom is -0.198 e. The SMILES string of the molecule is Cc1cc(C)[n+](C)c(=O)n1CC1=CCCC=C1. The molecule has 0 spiro atoms. The average molecular weight is 231 g/mol. The van der Waals surface area contributed by atoms with Crippen molar-refractivity contribution in [3.05, 3.63) is 51.7 Å². The zero-order chi connectivity index (χ0) is 12.4. The van der Waals surface area contributed by atoms with Crippen LogP contribution in [-0.2, 0) is 13.6 Å². The molecule has 1 heterocycles. The maximum Gasteiger partial charge on any atom is 0.498 e. The van der Waals surface area contributed by atoms with E-state index >= 15 is 0 Å². The van der Waals surface area contributed by atoms with Crippen molar-refractivity contribution in [1.29, 1.82) is 0 Å². The van der Waals surface area contributed by atoms with E-state index in [1.54, 1.807) is 4.57 Å². The molecule has 0 aromatic carbocycles. The van der Waals surface area contributed by atoms with Crippen LogP contribution in [0.2, 0.25) is 0 Å². The van der Waals surface area contributed by atoms with E-state index < -0.39 is 0 Å². The van der Waals surface area contributed by atoms with E-state index in [4.69, 9.17) is 0 Å². The Morgan fingerprint density at radius 1 is 1.35 bits per heavy atom. The van der Waals surface area contributed by atoms with E-state index in [0.717, 1.165) is 24.2 Å². The Morgan fingerprint density at radius 3 is 2.76 bits per heavy atom. The Morgan fingerprint density at radius 2 is 2.12 bits per heavy atom. The first-order chi connectivity index (χ1) is 8.09. The van der Waals surface area contributed by atoms with Crippen LogP contribution in [0, 0.1) is 13.8 Å². The summed E-state index contributed by atoms with van der Waals surface area (Å²) in [5.41, 5.74) is 3.30. The van der Waals surface area contributed by atoms with Crippen LogP contribution in [0.5, 0.6) is 0 Å². The maximum atomic E-state index is 12.2. The predicted molar refractivity (Wildman–Crippen MR) is 67.8 cm³/mol. The normalized spacial score (nSPS) is 14.9. The number of hydrogen-bond acceptors (Lipinski definition) is 1. The van der Waals surface area contributed by atoms with Crippen LogP contribution in [0.1, 0.15) is 24.2 Å². The number of hydrogen-bond donors (Lipinski definition) is 0. The Hall–Kier alpha value is -1.64. The average Bonchev–Trinajstić information content (AvgIpc) is 2.33. The van der Waals surface area contributed by atoms with Gasteiger partial charge in [0.2, 0.25) is 0 Å². The van der Waals surface area contributed by atoms with Crippen LogP contribution in [-0.4, -0.2) is 4.57 Å². The summed E-state index contributed by atoms with van der Waals surface area (Å²) in [6, 6.07) is 2.05. The van der Waals surface area contributed by atoms with Crippen LogP contribution in [0.4, 0.5) is 0 Å². The van der Waals surface area contributed by atoms with E-state index in [9.17, 15) is 4.79 Å². The molecule has 0 saturated heterocycles. The zero-order valence-corrected chi connectivity index (χ0v) is 10.7. The Kier molecular flexibility index (Phi) is 3.27. The largest absolute Gasteiger partial charge is 0.498 e. The second-order valence-corrected chi connectivity index (χ2v) is 4.61. The second kappa shape index (κ2) is 4.70. The summed E-state index contributed by atoms with van der Waals surface area (Å²) in [4.78, 5) is 12.2. The summed E-state index contributed by atoms with van der Waals surface area (Å²) in [5, 5.41) is 0. The van der Waals surface area contributed by atoms with E-state index in [1.165, 1.54) is 5.57 Å². The van der Waals surface area contributed by atoms with Crippen molar-refractivity contribution in [2.24, 2.45) is 7.05 Å². The highest BCUT2D eigenvalue weighted by Gasteiger charge is 2.15. The van der Waals surface area contributed by atoms with Gasteiger partial charge in [-0.3, -0.25) is 0 Å². The number of aromatic nitrogens is 2. The number of rotatable bonds is 2. The maximum absolute atomic E-state index is 12.2. The third kappa shape index (κ3) is 2.38. The summed E-state index contributed by atoms with van der Waals surface area (Å²) < 4.78 is 3.52. The van der Waals surface area contributed by atoms with Gasteiger partial charge in [-0.15, -0.1) is 0 Å². The van der Waals surface area contributed by atoms with Crippen molar-refractivity contribution >= 4 is 0 Å². The molecule has 3 heteroatoms. The predicted octanol–water partition coefficient (Wildman–Crippen LogP) is 1.57. The molecular formula is C14H19N2O+. The quantitative estimate of drug-likeness (QED) is 0.709. The molecule has 1 aromatic rings. The number of aryl methyl sites for hydroxylation is 2. The topological polar surface area (TPSA) is 25.9 Å². The molecule has 3 nitrogen and oxygen atoms in total. The lowest BCUT2D eigenvalue weighted by Crippen LogP contribution is -2.54. The van der Waals surface area contributed by atoms with Gasteiger partial charge in [-0.05, 0) is 32.3 Å². The third-order valence-electron chi connectivity index (χ3n) is 3.30. The van der Waals surface area contributed by atoms with E-state index in [1.807, 2.05) is 25.5 Å². The zero-order valence-electron chi connectivity index (χ0n) is 10.7. The van der Waals surface area contributed by atoms with Crippen LogP contribution >= 0.6 is 0 Å². The van der Waals surface area contributed by atoms with Crippen LogP contribution < -0.4 is 10.3 Å². The molecule has 1 aliphatic rings. The first-order valence-corrected chi connectivity index (χ1v) is 6.02. The van der Waals surface area contributed by atoms with Crippen molar-refractivity contribution in [2.75, 3.05) is 0 Å². The summed E-state index contributed by atoms with van der Waals surface area (Å²) in [6.45, 7) is 4.62. The summed E-state index contributed by atoms with van der Waals surface area (Å²) >= 11 is 0. The highest BCUT2D eigenvalue weighted by atomic mass is 16.1. The van der Waals surface area contributed by atoms with Gasteiger partial charge in [-0.25, -0.2) is 0 Å². The molecule has 0 N–H and O–H groups in total. The summed E-state index contributed by atoms with van der Waals surface area (Å²) in [5.74, 6) is 0. The molecule has 0 radical (unpaired) electrons. The van der Waals surface area contributed by atoms with E-state index in [2.05, 4.69) is 24.3 Å². The van der Waals surface area contributed by atoms with Crippen molar-refractivity contribution in [3.63, 3.8) is 0 Å². The fourth-order valence-electron chi connectivity index (χ4n) is 2.12. The molecule has 1 aliphatic carbocycles. The van der Waals surface area contributed by atoms with Crippen LogP contribution in [0.25, 0.3) is 0 Å². The molecule has 0 amide bonds. The van der Waals surface area contributed by atoms with Gasteiger partial charge in [0.25, 0.3) is 0 Å². The Labute approximate surface area is 102 Å². The molecule has 0 saturated carbocycles. The Bertz CT molecular complexity index is 550. The molecule has 0 unspecified atom stereocenters. The number of allylic oxidation sites excluding steroid dienone is 4. The first kappa shape index (κ1) is 11.8. The van der Waals surface area contributed by atoms with Gasteiger partial charge in [0, 0.05) is 6.07 Å². The van der Waals surface area contributed by atoms with E-state index in [0.29, 0.717) is 6.54 Å². The monoisotopic (exact) mass is 231 g/mol.